The molecule has 14 atom stereocenters. The van der Waals surface area contributed by atoms with Crippen LogP contribution in [0.4, 0.5) is 0 Å². The minimum Gasteiger partial charge on any atom is -0.394 e. The first-order chi connectivity index (χ1) is 18.6. The van der Waals surface area contributed by atoms with E-state index in [4.69, 9.17) is 5.11 Å². The molecular formula is C35H62O5. The van der Waals surface area contributed by atoms with Crippen molar-refractivity contribution >= 4 is 0 Å². The lowest BCUT2D eigenvalue weighted by Gasteiger charge is -2.73. The normalized spacial score (nSPS) is 50.0. The lowest BCUT2D eigenvalue weighted by molar-refractivity contribution is -0.242. The van der Waals surface area contributed by atoms with Gasteiger partial charge < -0.3 is 25.5 Å². The second kappa shape index (κ2) is 10.5. The SMILES string of the molecule is CC(C(O)CC(O)C(O)C(O)CO)[C@H]1CC[C@]2(C)[C@H]3CC[C@@H]4[C@@]5(C)CCCC(C)(C)[C@@H]5CC[C@@]4(C)[C@]3(C)CC[C@@H]12. The van der Waals surface area contributed by atoms with E-state index in [0.29, 0.717) is 33.5 Å². The van der Waals surface area contributed by atoms with Gasteiger partial charge >= 0.3 is 0 Å². The highest BCUT2D eigenvalue weighted by atomic mass is 16.4. The van der Waals surface area contributed by atoms with Crippen molar-refractivity contribution in [3.05, 3.63) is 0 Å². The fraction of sp³-hybridized carbons (Fsp3) is 1.00. The van der Waals surface area contributed by atoms with Gasteiger partial charge in [-0.15, -0.1) is 0 Å². The summed E-state index contributed by atoms with van der Waals surface area (Å²) in [6.07, 6.45) is 9.75. The fourth-order valence-corrected chi connectivity index (χ4v) is 13.2. The molecule has 5 heteroatoms. The van der Waals surface area contributed by atoms with Gasteiger partial charge in [0.2, 0.25) is 0 Å². The van der Waals surface area contributed by atoms with E-state index in [9.17, 15) is 20.4 Å². The molecule has 232 valence electrons. The Balaban J connectivity index is 1.35. The van der Waals surface area contributed by atoms with Crippen LogP contribution in [0.3, 0.4) is 0 Å². The van der Waals surface area contributed by atoms with Gasteiger partial charge in [0.1, 0.15) is 12.2 Å². The first-order valence-corrected chi connectivity index (χ1v) is 16.9. The number of fused-ring (bicyclic) bond motifs is 7. The number of hydrogen-bond donors (Lipinski definition) is 5. The molecule has 5 nitrogen and oxygen atoms in total. The van der Waals surface area contributed by atoms with Crippen molar-refractivity contribution < 1.29 is 25.5 Å². The van der Waals surface area contributed by atoms with Gasteiger partial charge in [0.15, 0.2) is 0 Å². The minimum absolute atomic E-state index is 0.0232. The van der Waals surface area contributed by atoms with Crippen molar-refractivity contribution in [1.82, 2.24) is 0 Å². The first kappa shape index (κ1) is 31.2. The largest absolute Gasteiger partial charge is 0.394 e. The maximum atomic E-state index is 11.2. The monoisotopic (exact) mass is 562 g/mol. The van der Waals surface area contributed by atoms with Gasteiger partial charge in [-0.2, -0.15) is 0 Å². The number of hydrogen-bond acceptors (Lipinski definition) is 5. The van der Waals surface area contributed by atoms with Gasteiger partial charge in [-0.25, -0.2) is 0 Å². The predicted molar refractivity (Wildman–Crippen MR) is 159 cm³/mol. The van der Waals surface area contributed by atoms with Crippen LogP contribution < -0.4 is 0 Å². The summed E-state index contributed by atoms with van der Waals surface area (Å²) in [7, 11) is 0. The number of aliphatic hydroxyl groups excluding tert-OH is 5. The summed E-state index contributed by atoms with van der Waals surface area (Å²) in [4.78, 5) is 0. The topological polar surface area (TPSA) is 101 Å². The zero-order chi connectivity index (χ0) is 29.5. The first-order valence-electron chi connectivity index (χ1n) is 16.9. The Morgan fingerprint density at radius 3 is 1.85 bits per heavy atom. The van der Waals surface area contributed by atoms with Crippen molar-refractivity contribution in [2.45, 2.75) is 150 Å². The van der Waals surface area contributed by atoms with Gasteiger partial charge in [-0.1, -0.05) is 54.9 Å². The molecule has 0 aliphatic heterocycles. The molecule has 5 aliphatic rings. The quantitative estimate of drug-likeness (QED) is 0.264. The molecule has 0 aromatic carbocycles. The van der Waals surface area contributed by atoms with Gasteiger partial charge in [-0.3, -0.25) is 0 Å². The summed E-state index contributed by atoms with van der Waals surface area (Å²) in [5.74, 6) is 3.41. The van der Waals surface area contributed by atoms with Crippen LogP contribution in [0.1, 0.15) is 126 Å². The van der Waals surface area contributed by atoms with Crippen LogP contribution in [-0.2, 0) is 0 Å². The Hall–Kier alpha value is -0.200. The highest BCUT2D eigenvalue weighted by molar-refractivity contribution is 5.19. The van der Waals surface area contributed by atoms with Crippen LogP contribution in [0.15, 0.2) is 0 Å². The van der Waals surface area contributed by atoms with Crippen LogP contribution >= 0.6 is 0 Å². The molecule has 0 amide bonds. The Morgan fingerprint density at radius 2 is 1.23 bits per heavy atom. The average Bonchev–Trinajstić information content (AvgIpc) is 3.24. The fourth-order valence-electron chi connectivity index (χ4n) is 13.2. The summed E-state index contributed by atoms with van der Waals surface area (Å²) >= 11 is 0. The molecule has 0 aromatic heterocycles. The molecule has 0 saturated heterocycles. The van der Waals surface area contributed by atoms with Gasteiger partial charge in [0.05, 0.1) is 18.8 Å². The van der Waals surface area contributed by atoms with E-state index in [1.807, 2.05) is 0 Å². The Kier molecular flexibility index (Phi) is 8.17. The third-order valence-corrected chi connectivity index (χ3v) is 15.5. The smallest absolute Gasteiger partial charge is 0.108 e. The molecule has 5 saturated carbocycles. The van der Waals surface area contributed by atoms with E-state index in [-0.39, 0.29) is 17.8 Å². The highest BCUT2D eigenvalue weighted by Gasteiger charge is 2.70. The van der Waals surface area contributed by atoms with E-state index >= 15 is 0 Å². The molecule has 0 radical (unpaired) electrons. The number of aliphatic hydroxyl groups is 5. The van der Waals surface area contributed by atoms with E-state index in [2.05, 4.69) is 48.5 Å². The van der Waals surface area contributed by atoms with Crippen molar-refractivity contribution in [3.63, 3.8) is 0 Å². The molecule has 5 aliphatic carbocycles. The Bertz CT molecular complexity index is 921. The Morgan fingerprint density at radius 1 is 0.625 bits per heavy atom. The zero-order valence-electron chi connectivity index (χ0n) is 26.7. The summed E-state index contributed by atoms with van der Waals surface area (Å²) in [6.45, 7) is 17.3. The maximum Gasteiger partial charge on any atom is 0.108 e. The van der Waals surface area contributed by atoms with Crippen LogP contribution in [0.25, 0.3) is 0 Å². The third-order valence-electron chi connectivity index (χ3n) is 15.5. The van der Waals surface area contributed by atoms with Gasteiger partial charge in [-0.05, 0) is 127 Å². The van der Waals surface area contributed by atoms with Crippen molar-refractivity contribution in [2.75, 3.05) is 6.61 Å². The summed E-state index contributed by atoms with van der Waals surface area (Å²) in [6, 6.07) is 0. The zero-order valence-corrected chi connectivity index (χ0v) is 26.7. The van der Waals surface area contributed by atoms with E-state index in [0.717, 1.165) is 24.2 Å². The standard InChI is InChI=1S/C35H62O5/c1-21(24(37)19-25(38)30(40)26(39)20-36)22-11-16-32(4)23(22)12-17-34(6)28(32)9-10-29-33(5)15-8-14-31(2,3)27(33)13-18-35(29,34)7/h21-30,36-40H,8-20H2,1-7H3/t21?,22-,23+,24?,25?,26?,27+,28-,29-,30?,32+,33+,34-,35-/m1/s1. The molecule has 0 heterocycles. The molecule has 5 unspecified atom stereocenters. The van der Waals surface area contributed by atoms with Crippen LogP contribution in [0, 0.1) is 62.6 Å². The second-order valence-corrected chi connectivity index (χ2v) is 17.3. The number of rotatable bonds is 7. The van der Waals surface area contributed by atoms with E-state index in [1.165, 1.54) is 64.2 Å². The van der Waals surface area contributed by atoms with Crippen molar-refractivity contribution in [1.29, 1.82) is 0 Å². The van der Waals surface area contributed by atoms with Gasteiger partial charge in [0, 0.05) is 6.42 Å². The van der Waals surface area contributed by atoms with Crippen LogP contribution in [0.5, 0.6) is 0 Å². The summed E-state index contributed by atoms with van der Waals surface area (Å²) in [5.41, 5.74) is 1.96. The molecule has 5 rings (SSSR count). The van der Waals surface area contributed by atoms with Crippen molar-refractivity contribution in [3.8, 4) is 0 Å². The minimum atomic E-state index is -1.45. The molecule has 5 N–H and O–H groups in total. The van der Waals surface area contributed by atoms with Crippen LogP contribution in [-0.4, -0.2) is 56.6 Å². The maximum absolute atomic E-state index is 11.2. The average molecular weight is 563 g/mol. The third kappa shape index (κ3) is 4.41. The lowest BCUT2D eigenvalue weighted by atomic mass is 9.32. The second-order valence-electron chi connectivity index (χ2n) is 17.3. The molecule has 5 fully saturated rings. The molecule has 0 spiro atoms. The Labute approximate surface area is 244 Å². The lowest BCUT2D eigenvalue weighted by Crippen LogP contribution is -2.65. The summed E-state index contributed by atoms with van der Waals surface area (Å²) in [5, 5.41) is 50.6. The van der Waals surface area contributed by atoms with Crippen LogP contribution in [0.2, 0.25) is 0 Å². The molecule has 0 aromatic rings. The molecular weight excluding hydrogens is 500 g/mol. The summed E-state index contributed by atoms with van der Waals surface area (Å²) < 4.78 is 0. The van der Waals surface area contributed by atoms with E-state index in [1.54, 1.807) is 0 Å². The van der Waals surface area contributed by atoms with Crippen molar-refractivity contribution in [2.24, 2.45) is 62.6 Å². The predicted octanol–water partition coefficient (Wildman–Crippen LogP) is 5.94. The van der Waals surface area contributed by atoms with E-state index < -0.39 is 31.0 Å². The molecule has 40 heavy (non-hydrogen) atoms. The molecule has 0 bridgehead atoms. The van der Waals surface area contributed by atoms with Gasteiger partial charge in [0.25, 0.3) is 0 Å². The highest BCUT2D eigenvalue weighted by Crippen LogP contribution is 2.78.